The lowest BCUT2D eigenvalue weighted by molar-refractivity contribution is -0.212. The largest absolute Gasteiger partial charge is 0.356 e. The molecule has 2 rings (SSSR count). The van der Waals surface area contributed by atoms with Crippen LogP contribution in [0.5, 0.6) is 0 Å². The number of thioether (sulfide) groups is 1. The van der Waals surface area contributed by atoms with Gasteiger partial charge in [0.15, 0.2) is 0 Å². The van der Waals surface area contributed by atoms with Gasteiger partial charge in [0.25, 0.3) is 0 Å². The van der Waals surface area contributed by atoms with Crippen LogP contribution >= 0.6 is 11.8 Å². The fourth-order valence-electron chi connectivity index (χ4n) is 2.43. The number of alkyl halides is 4. The minimum absolute atomic E-state index is 0.174. The van der Waals surface area contributed by atoms with Gasteiger partial charge in [0.05, 0.1) is 5.41 Å². The van der Waals surface area contributed by atoms with Crippen molar-refractivity contribution in [2.75, 3.05) is 0 Å². The molecule has 1 heterocycles. The molecule has 1 aliphatic heterocycles. The van der Waals surface area contributed by atoms with E-state index < -0.39 is 21.8 Å². The van der Waals surface area contributed by atoms with E-state index in [0.29, 0.717) is 12.8 Å². The van der Waals surface area contributed by atoms with Crippen molar-refractivity contribution in [1.82, 2.24) is 0 Å². The van der Waals surface area contributed by atoms with Crippen molar-refractivity contribution in [3.05, 3.63) is 0 Å². The Labute approximate surface area is 84.4 Å². The van der Waals surface area contributed by atoms with Gasteiger partial charge in [-0.3, -0.25) is 0 Å². The number of fused-ring (bicyclic) bond motifs is 1. The Kier molecular flexibility index (Phi) is 2.12. The Hall–Kier alpha value is 0.0700. The van der Waals surface area contributed by atoms with E-state index in [1.165, 1.54) is 6.92 Å². The van der Waals surface area contributed by atoms with Crippen molar-refractivity contribution in [1.29, 1.82) is 0 Å². The van der Waals surface area contributed by atoms with Crippen LogP contribution in [-0.4, -0.2) is 16.4 Å². The fraction of sp³-hybridized carbons (Fsp3) is 1.00. The van der Waals surface area contributed by atoms with Crippen molar-refractivity contribution in [2.24, 2.45) is 5.41 Å². The lowest BCUT2D eigenvalue weighted by atomic mass is 9.71. The number of hydrogen-bond donors (Lipinski definition) is 0. The summed E-state index contributed by atoms with van der Waals surface area (Å²) >= 11 is 0.174. The summed E-state index contributed by atoms with van der Waals surface area (Å²) in [6, 6.07) is 0. The molecule has 5 heteroatoms. The molecule has 0 aromatic carbocycles. The van der Waals surface area contributed by atoms with Gasteiger partial charge in [-0.1, -0.05) is 31.5 Å². The molecule has 0 N–H and O–H groups in total. The summed E-state index contributed by atoms with van der Waals surface area (Å²) < 4.78 is 53.1. The highest BCUT2D eigenvalue weighted by atomic mass is 32.2. The van der Waals surface area contributed by atoms with Gasteiger partial charge in [-0.05, 0) is 12.8 Å². The van der Waals surface area contributed by atoms with Crippen LogP contribution in [0.15, 0.2) is 0 Å². The van der Waals surface area contributed by atoms with E-state index in [9.17, 15) is 17.6 Å². The Morgan fingerprint density at radius 2 is 1.79 bits per heavy atom. The monoisotopic (exact) mass is 228 g/mol. The lowest BCUT2D eigenvalue weighted by Crippen LogP contribution is -2.48. The van der Waals surface area contributed by atoms with E-state index in [1.807, 2.05) is 0 Å². The maximum Gasteiger partial charge on any atom is 0.356 e. The molecule has 0 aromatic rings. The van der Waals surface area contributed by atoms with Crippen molar-refractivity contribution < 1.29 is 17.6 Å². The molecule has 2 fully saturated rings. The van der Waals surface area contributed by atoms with Crippen LogP contribution in [0.2, 0.25) is 0 Å². The van der Waals surface area contributed by atoms with Crippen molar-refractivity contribution in [2.45, 2.75) is 49.0 Å². The average molecular weight is 228 g/mol. The molecule has 1 saturated heterocycles. The van der Waals surface area contributed by atoms with Crippen LogP contribution in [0.25, 0.3) is 0 Å². The van der Waals surface area contributed by atoms with Gasteiger partial charge in [-0.25, -0.2) is 0 Å². The molecule has 2 aliphatic rings. The van der Waals surface area contributed by atoms with Gasteiger partial charge in [0.1, 0.15) is 0 Å². The van der Waals surface area contributed by atoms with E-state index in [1.54, 1.807) is 0 Å². The molecular formula is C9H12F4S. The normalized spacial score (nSPS) is 44.8. The lowest BCUT2D eigenvalue weighted by Gasteiger charge is -2.38. The maximum atomic E-state index is 13.5. The van der Waals surface area contributed by atoms with Crippen molar-refractivity contribution in [3.8, 4) is 0 Å². The molecule has 0 amide bonds. The molecule has 0 nitrogen and oxygen atoms in total. The van der Waals surface area contributed by atoms with Crippen LogP contribution in [0, 0.1) is 5.41 Å². The molecule has 0 aromatic heterocycles. The summed E-state index contributed by atoms with van der Waals surface area (Å²) in [7, 11) is 0. The van der Waals surface area contributed by atoms with Crippen molar-refractivity contribution in [3.63, 3.8) is 0 Å². The molecule has 0 bridgehead atoms. The number of halogens is 4. The van der Waals surface area contributed by atoms with Gasteiger partial charge >= 0.3 is 11.2 Å². The molecule has 82 valence electrons. The van der Waals surface area contributed by atoms with Gasteiger partial charge in [0, 0.05) is 5.25 Å². The summed E-state index contributed by atoms with van der Waals surface area (Å²) in [4.78, 5) is 0. The van der Waals surface area contributed by atoms with Gasteiger partial charge < -0.3 is 0 Å². The molecule has 1 saturated carbocycles. The third kappa shape index (κ3) is 1.08. The van der Waals surface area contributed by atoms with Gasteiger partial charge in [0.2, 0.25) is 0 Å². The highest BCUT2D eigenvalue weighted by Crippen LogP contribution is 2.68. The minimum Gasteiger partial charge on any atom is -0.198 e. The summed E-state index contributed by atoms with van der Waals surface area (Å²) in [6.45, 7) is 1.31. The maximum absolute atomic E-state index is 13.5. The van der Waals surface area contributed by atoms with Gasteiger partial charge in [-0.15, -0.1) is 0 Å². The second kappa shape index (κ2) is 2.80. The first-order valence-electron chi connectivity index (χ1n) is 4.75. The van der Waals surface area contributed by atoms with E-state index in [2.05, 4.69) is 0 Å². The molecule has 2 atom stereocenters. The fourth-order valence-corrected chi connectivity index (χ4v) is 3.98. The first kappa shape index (κ1) is 10.6. The quantitative estimate of drug-likeness (QED) is 0.566. The smallest absolute Gasteiger partial charge is 0.198 e. The second-order valence-electron chi connectivity index (χ2n) is 4.36. The highest BCUT2D eigenvalue weighted by molar-refractivity contribution is 8.01. The second-order valence-corrected chi connectivity index (χ2v) is 5.68. The average Bonchev–Trinajstić information content (AvgIpc) is 2.20. The Bertz CT molecular complexity index is 253. The standard InChI is InChI=1S/C9H12F4S/c1-7-5-3-2-4-6(7)14-9(12,13)8(7,10)11/h6H,2-5H2,1H3. The van der Waals surface area contributed by atoms with E-state index in [-0.39, 0.29) is 18.2 Å². The zero-order valence-electron chi connectivity index (χ0n) is 7.83. The SMILES string of the molecule is CC12CCCCC1SC(F)(F)C2(F)F. The summed E-state index contributed by atoms with van der Waals surface area (Å²) in [5.74, 6) is -3.85. The predicted octanol–water partition coefficient (Wildman–Crippen LogP) is 3.91. The number of hydrogen-bond acceptors (Lipinski definition) is 1. The van der Waals surface area contributed by atoms with E-state index >= 15 is 0 Å². The molecule has 1 aliphatic carbocycles. The zero-order chi connectivity index (χ0) is 10.6. The summed E-state index contributed by atoms with van der Waals surface area (Å²) in [5, 5.41) is -4.46. The van der Waals surface area contributed by atoms with Crippen LogP contribution in [-0.2, 0) is 0 Å². The van der Waals surface area contributed by atoms with E-state index in [4.69, 9.17) is 0 Å². The molecule has 14 heavy (non-hydrogen) atoms. The molecular weight excluding hydrogens is 216 g/mol. The van der Waals surface area contributed by atoms with Crippen LogP contribution in [0.3, 0.4) is 0 Å². The van der Waals surface area contributed by atoms with Gasteiger partial charge in [-0.2, -0.15) is 17.6 Å². The molecule has 2 unspecified atom stereocenters. The third-order valence-electron chi connectivity index (χ3n) is 3.50. The first-order chi connectivity index (χ1) is 6.31. The Balaban J connectivity index is 2.39. The first-order valence-corrected chi connectivity index (χ1v) is 5.63. The topological polar surface area (TPSA) is 0 Å². The Morgan fingerprint density at radius 1 is 1.14 bits per heavy atom. The number of rotatable bonds is 0. The molecule has 0 spiro atoms. The van der Waals surface area contributed by atoms with Crippen molar-refractivity contribution >= 4 is 11.8 Å². The van der Waals surface area contributed by atoms with Crippen LogP contribution in [0.4, 0.5) is 17.6 Å². The van der Waals surface area contributed by atoms with Crippen LogP contribution < -0.4 is 0 Å². The predicted molar refractivity (Wildman–Crippen MR) is 47.8 cm³/mol. The zero-order valence-corrected chi connectivity index (χ0v) is 8.64. The third-order valence-corrected chi connectivity index (χ3v) is 5.09. The van der Waals surface area contributed by atoms with E-state index in [0.717, 1.165) is 6.42 Å². The Morgan fingerprint density at radius 3 is 2.36 bits per heavy atom. The summed E-state index contributed by atoms with van der Waals surface area (Å²) in [6.07, 6.45) is 2.14. The summed E-state index contributed by atoms with van der Waals surface area (Å²) in [5.41, 5.74) is -1.50. The minimum atomic E-state index is -3.88. The molecule has 0 radical (unpaired) electrons. The highest BCUT2D eigenvalue weighted by Gasteiger charge is 2.75. The van der Waals surface area contributed by atoms with Crippen LogP contribution in [0.1, 0.15) is 32.6 Å².